The first kappa shape index (κ1) is 14.6. The molecule has 1 aromatic heterocycles. The molecule has 2 rings (SSSR count). The van der Waals surface area contributed by atoms with E-state index >= 15 is 0 Å². The average Bonchev–Trinajstić information content (AvgIpc) is 2.05. The zero-order valence-corrected chi connectivity index (χ0v) is 8.31. The summed E-state index contributed by atoms with van der Waals surface area (Å²) < 4.78 is 0. The average molecular weight is 221 g/mol. The number of para-hydroxylation sites is 2. The molecular formula is C8H10Cl2N2O. The van der Waals surface area contributed by atoms with E-state index in [0.29, 0.717) is 0 Å². The van der Waals surface area contributed by atoms with Crippen molar-refractivity contribution in [2.45, 2.75) is 0 Å². The molecule has 0 aliphatic carbocycles. The number of fused-ring (bicyclic) bond motifs is 1. The van der Waals surface area contributed by atoms with Gasteiger partial charge in [0.2, 0.25) is 0 Å². The Hall–Kier alpha value is -0.900. The molecule has 0 amide bonds. The molecule has 1 aromatic carbocycles. The maximum atomic E-state index is 4.12. The van der Waals surface area contributed by atoms with E-state index in [1.54, 1.807) is 12.4 Å². The number of aromatic nitrogens is 2. The quantitative estimate of drug-likeness (QED) is 0.679. The molecule has 0 unspecified atom stereocenters. The summed E-state index contributed by atoms with van der Waals surface area (Å²) in [6, 6.07) is 7.80. The molecule has 0 atom stereocenters. The predicted molar refractivity (Wildman–Crippen MR) is 57.6 cm³/mol. The van der Waals surface area contributed by atoms with Crippen LogP contribution < -0.4 is 0 Å². The Kier molecular flexibility index (Phi) is 7.42. The normalized spacial score (nSPS) is 7.69. The van der Waals surface area contributed by atoms with Crippen LogP contribution in [0.1, 0.15) is 0 Å². The highest BCUT2D eigenvalue weighted by Gasteiger charge is 1.88. The molecule has 0 radical (unpaired) electrons. The summed E-state index contributed by atoms with van der Waals surface area (Å²) in [6.07, 6.45) is 3.39. The highest BCUT2D eigenvalue weighted by molar-refractivity contribution is 5.85. The minimum Gasteiger partial charge on any atom is -0.412 e. The molecule has 2 aromatic rings. The standard InChI is InChI=1S/C8H6N2.2ClH.H2O/c1-2-4-8-7(3-1)9-5-6-10-8;;;/h1-6H;2*1H;1H2. The molecule has 0 saturated heterocycles. The Bertz CT molecular complexity index is 291. The summed E-state index contributed by atoms with van der Waals surface area (Å²) >= 11 is 0. The van der Waals surface area contributed by atoms with Gasteiger partial charge in [0.1, 0.15) is 0 Å². The maximum Gasteiger partial charge on any atom is 0.0886 e. The number of hydrogen-bond donors (Lipinski definition) is 0. The molecule has 0 aliphatic heterocycles. The van der Waals surface area contributed by atoms with Crippen LogP contribution in [0.4, 0.5) is 0 Å². The van der Waals surface area contributed by atoms with Crippen LogP contribution in [0.15, 0.2) is 36.7 Å². The lowest BCUT2D eigenvalue weighted by Gasteiger charge is -1.90. The van der Waals surface area contributed by atoms with Gasteiger partial charge in [-0.2, -0.15) is 0 Å². The van der Waals surface area contributed by atoms with E-state index in [2.05, 4.69) is 9.97 Å². The molecule has 0 spiro atoms. The number of halogens is 2. The SMILES string of the molecule is Cl.Cl.O.c1ccc2nccnc2c1. The first-order valence-corrected chi connectivity index (χ1v) is 3.12. The predicted octanol–water partition coefficient (Wildman–Crippen LogP) is 1.65. The minimum atomic E-state index is 0. The van der Waals surface area contributed by atoms with E-state index in [0.717, 1.165) is 11.0 Å². The van der Waals surface area contributed by atoms with Crippen LogP contribution in [-0.2, 0) is 0 Å². The molecule has 72 valence electrons. The van der Waals surface area contributed by atoms with Gasteiger partial charge in [-0.15, -0.1) is 24.8 Å². The summed E-state index contributed by atoms with van der Waals surface area (Å²) in [5.74, 6) is 0. The Morgan fingerprint density at radius 2 is 1.15 bits per heavy atom. The van der Waals surface area contributed by atoms with E-state index < -0.39 is 0 Å². The highest BCUT2D eigenvalue weighted by Crippen LogP contribution is 2.04. The van der Waals surface area contributed by atoms with Crippen LogP contribution in [-0.4, -0.2) is 15.4 Å². The monoisotopic (exact) mass is 220 g/mol. The lowest BCUT2D eigenvalue weighted by molar-refractivity contribution is 0.824. The first-order valence-electron chi connectivity index (χ1n) is 3.12. The Labute approximate surface area is 88.3 Å². The zero-order valence-electron chi connectivity index (χ0n) is 6.68. The van der Waals surface area contributed by atoms with Gasteiger partial charge in [0.15, 0.2) is 0 Å². The summed E-state index contributed by atoms with van der Waals surface area (Å²) in [5.41, 5.74) is 1.90. The van der Waals surface area contributed by atoms with Crippen LogP contribution in [0.2, 0.25) is 0 Å². The van der Waals surface area contributed by atoms with E-state index in [1.807, 2.05) is 24.3 Å². The highest BCUT2D eigenvalue weighted by atomic mass is 35.5. The van der Waals surface area contributed by atoms with Crippen LogP contribution in [0.3, 0.4) is 0 Å². The van der Waals surface area contributed by atoms with Gasteiger partial charge in [0.25, 0.3) is 0 Å². The van der Waals surface area contributed by atoms with Crippen molar-refractivity contribution < 1.29 is 5.48 Å². The van der Waals surface area contributed by atoms with Gasteiger partial charge in [-0.05, 0) is 12.1 Å². The van der Waals surface area contributed by atoms with Crippen molar-refractivity contribution in [3.8, 4) is 0 Å². The molecule has 0 aliphatic rings. The fourth-order valence-corrected chi connectivity index (χ4v) is 0.910. The van der Waals surface area contributed by atoms with Crippen molar-refractivity contribution >= 4 is 35.8 Å². The molecule has 2 N–H and O–H groups in total. The van der Waals surface area contributed by atoms with Gasteiger partial charge in [0, 0.05) is 12.4 Å². The topological polar surface area (TPSA) is 57.3 Å². The third-order valence-corrected chi connectivity index (χ3v) is 1.38. The lowest BCUT2D eigenvalue weighted by atomic mass is 10.3. The van der Waals surface area contributed by atoms with E-state index in [-0.39, 0.29) is 30.3 Å². The van der Waals surface area contributed by atoms with Crippen molar-refractivity contribution in [2.24, 2.45) is 0 Å². The number of rotatable bonds is 0. The Morgan fingerprint density at radius 1 is 0.769 bits per heavy atom. The maximum absolute atomic E-state index is 4.12. The molecule has 0 bridgehead atoms. The van der Waals surface area contributed by atoms with Crippen LogP contribution in [0.25, 0.3) is 11.0 Å². The molecule has 1 heterocycles. The lowest BCUT2D eigenvalue weighted by Crippen LogP contribution is -1.78. The van der Waals surface area contributed by atoms with Crippen molar-refractivity contribution in [3.05, 3.63) is 36.7 Å². The first-order chi connectivity index (χ1) is 4.97. The van der Waals surface area contributed by atoms with Crippen molar-refractivity contribution in [1.82, 2.24) is 9.97 Å². The second kappa shape index (κ2) is 6.60. The third-order valence-electron chi connectivity index (χ3n) is 1.38. The second-order valence-electron chi connectivity index (χ2n) is 2.05. The molecule has 0 saturated carbocycles. The van der Waals surface area contributed by atoms with Crippen LogP contribution in [0, 0.1) is 0 Å². The van der Waals surface area contributed by atoms with Crippen molar-refractivity contribution in [3.63, 3.8) is 0 Å². The number of benzene rings is 1. The molecule has 3 nitrogen and oxygen atoms in total. The van der Waals surface area contributed by atoms with Gasteiger partial charge in [-0.25, -0.2) is 0 Å². The fourth-order valence-electron chi connectivity index (χ4n) is 0.910. The molecule has 5 heteroatoms. The van der Waals surface area contributed by atoms with Gasteiger partial charge < -0.3 is 5.48 Å². The summed E-state index contributed by atoms with van der Waals surface area (Å²) in [4.78, 5) is 8.24. The van der Waals surface area contributed by atoms with Gasteiger partial charge >= 0.3 is 0 Å². The van der Waals surface area contributed by atoms with Crippen LogP contribution >= 0.6 is 24.8 Å². The Morgan fingerprint density at radius 3 is 1.54 bits per heavy atom. The van der Waals surface area contributed by atoms with E-state index in [9.17, 15) is 0 Å². The molecule has 0 fully saturated rings. The second-order valence-corrected chi connectivity index (χ2v) is 2.05. The van der Waals surface area contributed by atoms with E-state index in [1.165, 1.54) is 0 Å². The van der Waals surface area contributed by atoms with Gasteiger partial charge in [-0.1, -0.05) is 12.1 Å². The minimum absolute atomic E-state index is 0. The third kappa shape index (κ3) is 3.14. The van der Waals surface area contributed by atoms with Gasteiger partial charge in [-0.3, -0.25) is 9.97 Å². The number of hydrogen-bond acceptors (Lipinski definition) is 2. The van der Waals surface area contributed by atoms with Crippen molar-refractivity contribution in [1.29, 1.82) is 0 Å². The fraction of sp³-hybridized carbons (Fsp3) is 0. The zero-order chi connectivity index (χ0) is 6.81. The summed E-state index contributed by atoms with van der Waals surface area (Å²) in [6.45, 7) is 0. The Balaban J connectivity index is 0. The summed E-state index contributed by atoms with van der Waals surface area (Å²) in [7, 11) is 0. The number of nitrogens with zero attached hydrogens (tertiary/aromatic N) is 2. The van der Waals surface area contributed by atoms with Gasteiger partial charge in [0.05, 0.1) is 11.0 Å². The van der Waals surface area contributed by atoms with Crippen LogP contribution in [0.5, 0.6) is 0 Å². The molecular weight excluding hydrogens is 211 g/mol. The smallest absolute Gasteiger partial charge is 0.0886 e. The van der Waals surface area contributed by atoms with E-state index in [4.69, 9.17) is 0 Å². The van der Waals surface area contributed by atoms with Crippen molar-refractivity contribution in [2.75, 3.05) is 0 Å². The molecule has 13 heavy (non-hydrogen) atoms. The largest absolute Gasteiger partial charge is 0.412 e. The summed E-state index contributed by atoms with van der Waals surface area (Å²) in [5, 5.41) is 0.